The highest BCUT2D eigenvalue weighted by Crippen LogP contribution is 2.29. The SMILES string of the molecule is O=C(c1cnccc1OC1CC1)[C@H]1CCCCN1. The number of rotatable bonds is 4. The second-order valence-corrected chi connectivity index (χ2v) is 5.06. The van der Waals surface area contributed by atoms with Crippen molar-refractivity contribution < 1.29 is 9.53 Å². The fourth-order valence-electron chi connectivity index (χ4n) is 2.30. The molecule has 2 aliphatic rings. The van der Waals surface area contributed by atoms with Gasteiger partial charge in [0.2, 0.25) is 0 Å². The van der Waals surface area contributed by atoms with Crippen molar-refractivity contribution in [1.82, 2.24) is 10.3 Å². The van der Waals surface area contributed by atoms with Crippen LogP contribution in [0.25, 0.3) is 0 Å². The normalized spacial score (nSPS) is 23.7. The minimum atomic E-state index is -0.0653. The molecule has 1 atom stereocenters. The second-order valence-electron chi connectivity index (χ2n) is 5.06. The van der Waals surface area contributed by atoms with E-state index < -0.39 is 0 Å². The number of nitrogens with zero attached hydrogens (tertiary/aromatic N) is 1. The van der Waals surface area contributed by atoms with Gasteiger partial charge in [-0.15, -0.1) is 0 Å². The number of ketones is 1. The highest BCUT2D eigenvalue weighted by molar-refractivity contribution is 6.02. The molecule has 0 aromatic carbocycles. The average molecular weight is 246 g/mol. The molecule has 1 aromatic rings. The summed E-state index contributed by atoms with van der Waals surface area (Å²) in [7, 11) is 0. The molecule has 1 N–H and O–H groups in total. The molecule has 2 fully saturated rings. The molecule has 1 aliphatic heterocycles. The van der Waals surface area contributed by atoms with E-state index in [0.717, 1.165) is 38.6 Å². The van der Waals surface area contributed by atoms with E-state index in [0.29, 0.717) is 17.4 Å². The first kappa shape index (κ1) is 11.7. The number of hydrogen-bond donors (Lipinski definition) is 1. The number of Topliss-reactive ketones (excluding diaryl/α,β-unsaturated/α-hetero) is 1. The van der Waals surface area contributed by atoms with Crippen LogP contribution in [0.1, 0.15) is 42.5 Å². The fourth-order valence-corrected chi connectivity index (χ4v) is 2.30. The van der Waals surface area contributed by atoms with E-state index in [-0.39, 0.29) is 11.8 Å². The van der Waals surface area contributed by atoms with Gasteiger partial charge in [-0.1, -0.05) is 6.42 Å². The van der Waals surface area contributed by atoms with E-state index in [1.54, 1.807) is 18.5 Å². The lowest BCUT2D eigenvalue weighted by Gasteiger charge is -2.22. The van der Waals surface area contributed by atoms with Gasteiger partial charge in [-0.3, -0.25) is 9.78 Å². The molecule has 0 spiro atoms. The number of hydrogen-bond acceptors (Lipinski definition) is 4. The van der Waals surface area contributed by atoms with Crippen LogP contribution in [0.5, 0.6) is 5.75 Å². The first-order valence-corrected chi connectivity index (χ1v) is 6.73. The quantitative estimate of drug-likeness (QED) is 0.825. The summed E-state index contributed by atoms with van der Waals surface area (Å²) in [6.07, 6.45) is 8.99. The minimum absolute atomic E-state index is 0.0653. The molecule has 18 heavy (non-hydrogen) atoms. The fraction of sp³-hybridized carbons (Fsp3) is 0.571. The van der Waals surface area contributed by atoms with Crippen LogP contribution < -0.4 is 10.1 Å². The Hall–Kier alpha value is -1.42. The van der Waals surface area contributed by atoms with Crippen molar-refractivity contribution in [2.45, 2.75) is 44.2 Å². The topological polar surface area (TPSA) is 51.2 Å². The average Bonchev–Trinajstić information content (AvgIpc) is 3.24. The summed E-state index contributed by atoms with van der Waals surface area (Å²) in [5, 5.41) is 3.28. The lowest BCUT2D eigenvalue weighted by Crippen LogP contribution is -2.40. The zero-order chi connectivity index (χ0) is 12.4. The Morgan fingerprint density at radius 1 is 1.33 bits per heavy atom. The van der Waals surface area contributed by atoms with E-state index in [4.69, 9.17) is 4.74 Å². The molecule has 0 bridgehead atoms. The van der Waals surface area contributed by atoms with Gasteiger partial charge in [-0.05, 0) is 38.3 Å². The molecular formula is C14H18N2O2. The Labute approximate surface area is 107 Å². The molecule has 1 saturated carbocycles. The predicted octanol–water partition coefficient (Wildman–Crippen LogP) is 1.95. The first-order valence-electron chi connectivity index (χ1n) is 6.73. The van der Waals surface area contributed by atoms with Gasteiger partial charge in [-0.2, -0.15) is 0 Å². The van der Waals surface area contributed by atoms with Gasteiger partial charge >= 0.3 is 0 Å². The number of nitrogens with one attached hydrogen (secondary N) is 1. The van der Waals surface area contributed by atoms with Crippen LogP contribution in [-0.4, -0.2) is 29.5 Å². The Morgan fingerprint density at radius 3 is 2.94 bits per heavy atom. The Kier molecular flexibility index (Phi) is 3.28. The Bertz CT molecular complexity index is 437. The summed E-state index contributed by atoms with van der Waals surface area (Å²) in [4.78, 5) is 16.5. The molecule has 3 rings (SSSR count). The van der Waals surface area contributed by atoms with Crippen molar-refractivity contribution >= 4 is 5.78 Å². The zero-order valence-electron chi connectivity index (χ0n) is 10.4. The molecule has 0 unspecified atom stereocenters. The third kappa shape index (κ3) is 2.53. The molecule has 2 heterocycles. The monoisotopic (exact) mass is 246 g/mol. The van der Waals surface area contributed by atoms with Crippen LogP contribution in [0.2, 0.25) is 0 Å². The standard InChI is InChI=1S/C14H18N2O2/c17-14(12-3-1-2-7-16-12)11-9-15-8-6-13(11)18-10-4-5-10/h6,8-10,12,16H,1-5,7H2/t12-/m1/s1. The molecule has 1 saturated heterocycles. The van der Waals surface area contributed by atoms with Gasteiger partial charge in [-0.25, -0.2) is 0 Å². The van der Waals surface area contributed by atoms with E-state index in [2.05, 4.69) is 10.3 Å². The highest BCUT2D eigenvalue weighted by Gasteiger charge is 2.28. The van der Waals surface area contributed by atoms with Crippen molar-refractivity contribution in [3.05, 3.63) is 24.0 Å². The number of pyridine rings is 1. The molecule has 0 amide bonds. The van der Waals surface area contributed by atoms with Crippen LogP contribution in [-0.2, 0) is 0 Å². The van der Waals surface area contributed by atoms with Crippen molar-refractivity contribution in [2.75, 3.05) is 6.54 Å². The van der Waals surface area contributed by atoms with E-state index in [1.165, 1.54) is 0 Å². The maximum absolute atomic E-state index is 12.4. The number of ether oxygens (including phenoxy) is 1. The van der Waals surface area contributed by atoms with Crippen molar-refractivity contribution in [1.29, 1.82) is 0 Å². The first-order chi connectivity index (χ1) is 8.84. The summed E-state index contributed by atoms with van der Waals surface area (Å²) in [6, 6.07) is 1.73. The molecular weight excluding hydrogens is 228 g/mol. The van der Waals surface area contributed by atoms with Crippen molar-refractivity contribution in [3.8, 4) is 5.75 Å². The molecule has 96 valence electrons. The number of carbonyl (C=O) groups excluding carboxylic acids is 1. The van der Waals surface area contributed by atoms with Crippen LogP contribution in [0.15, 0.2) is 18.5 Å². The minimum Gasteiger partial charge on any atom is -0.490 e. The third-order valence-electron chi connectivity index (χ3n) is 3.49. The molecule has 1 aromatic heterocycles. The lowest BCUT2D eigenvalue weighted by atomic mass is 9.97. The van der Waals surface area contributed by atoms with Gasteiger partial charge in [0.15, 0.2) is 5.78 Å². The van der Waals surface area contributed by atoms with Gasteiger partial charge < -0.3 is 10.1 Å². The predicted molar refractivity (Wildman–Crippen MR) is 67.9 cm³/mol. The summed E-state index contributed by atoms with van der Waals surface area (Å²) in [5.41, 5.74) is 0.629. The maximum Gasteiger partial charge on any atom is 0.185 e. The zero-order valence-corrected chi connectivity index (χ0v) is 10.4. The van der Waals surface area contributed by atoms with Crippen LogP contribution in [0, 0.1) is 0 Å². The van der Waals surface area contributed by atoms with Crippen LogP contribution in [0.3, 0.4) is 0 Å². The third-order valence-corrected chi connectivity index (χ3v) is 3.49. The smallest absolute Gasteiger partial charge is 0.185 e. The number of carbonyl (C=O) groups is 1. The Morgan fingerprint density at radius 2 is 2.22 bits per heavy atom. The molecule has 1 aliphatic carbocycles. The van der Waals surface area contributed by atoms with Crippen molar-refractivity contribution in [3.63, 3.8) is 0 Å². The number of aromatic nitrogens is 1. The Balaban J connectivity index is 1.78. The molecule has 4 heteroatoms. The number of piperidine rings is 1. The van der Waals surface area contributed by atoms with Gasteiger partial charge in [0, 0.05) is 12.4 Å². The van der Waals surface area contributed by atoms with Gasteiger partial charge in [0.1, 0.15) is 5.75 Å². The van der Waals surface area contributed by atoms with Crippen LogP contribution >= 0.6 is 0 Å². The summed E-state index contributed by atoms with van der Waals surface area (Å²) in [5.74, 6) is 0.823. The summed E-state index contributed by atoms with van der Waals surface area (Å²) < 4.78 is 5.78. The van der Waals surface area contributed by atoms with Gasteiger partial charge in [0.25, 0.3) is 0 Å². The van der Waals surface area contributed by atoms with E-state index in [1.807, 2.05) is 0 Å². The van der Waals surface area contributed by atoms with Crippen molar-refractivity contribution in [2.24, 2.45) is 0 Å². The van der Waals surface area contributed by atoms with Gasteiger partial charge in [0.05, 0.1) is 17.7 Å². The molecule has 4 nitrogen and oxygen atoms in total. The summed E-state index contributed by atoms with van der Waals surface area (Å²) in [6.45, 7) is 0.926. The molecule has 0 radical (unpaired) electrons. The lowest BCUT2D eigenvalue weighted by molar-refractivity contribution is 0.0922. The second kappa shape index (κ2) is 5.06. The largest absolute Gasteiger partial charge is 0.490 e. The van der Waals surface area contributed by atoms with E-state index in [9.17, 15) is 4.79 Å². The van der Waals surface area contributed by atoms with E-state index >= 15 is 0 Å². The highest BCUT2D eigenvalue weighted by atomic mass is 16.5. The van der Waals surface area contributed by atoms with Crippen LogP contribution in [0.4, 0.5) is 0 Å². The summed E-state index contributed by atoms with van der Waals surface area (Å²) >= 11 is 0. The maximum atomic E-state index is 12.4.